The zero-order valence-electron chi connectivity index (χ0n) is 19.0. The first-order valence-corrected chi connectivity index (χ1v) is 12.5. The minimum atomic E-state index is -0.324. The molecule has 0 spiro atoms. The van der Waals surface area contributed by atoms with Gasteiger partial charge in [0.25, 0.3) is 5.69 Å². The van der Waals surface area contributed by atoms with Crippen LogP contribution in [0, 0.1) is 21.4 Å². The lowest BCUT2D eigenvalue weighted by Crippen LogP contribution is -2.38. The van der Waals surface area contributed by atoms with Crippen LogP contribution in [-0.2, 0) is 22.3 Å². The van der Waals surface area contributed by atoms with Gasteiger partial charge in [0.2, 0.25) is 0 Å². The molecule has 2 aliphatic heterocycles. The van der Waals surface area contributed by atoms with E-state index in [-0.39, 0.29) is 10.6 Å². The van der Waals surface area contributed by atoms with Crippen molar-refractivity contribution < 1.29 is 14.4 Å². The van der Waals surface area contributed by atoms with Gasteiger partial charge < -0.3 is 19.3 Å². The fourth-order valence-corrected chi connectivity index (χ4v) is 6.04. The number of morpholine rings is 2. The summed E-state index contributed by atoms with van der Waals surface area (Å²) in [4.78, 5) is 21.9. The first-order valence-electron chi connectivity index (χ1n) is 11.7. The Kier molecular flexibility index (Phi) is 6.76. The van der Waals surface area contributed by atoms with Gasteiger partial charge in [-0.05, 0) is 37.3 Å². The molecule has 3 heterocycles. The van der Waals surface area contributed by atoms with Crippen molar-refractivity contribution in [1.82, 2.24) is 0 Å². The molecule has 0 bridgehead atoms. The minimum Gasteiger partial charge on any atom is -0.378 e. The number of ether oxygens (including phenoxy) is 2. The number of anilines is 2. The standard InChI is InChI=1S/C24H27N5O4S/c25-15-19-18-3-1-2-4-23(18)34-24(19)26-16-17-13-22(29(30)31)21(28-7-11-33-12-8-28)14-20(17)27-5-9-32-10-6-27/h13-14,16H,1-12H2. The molecule has 34 heavy (non-hydrogen) atoms. The lowest BCUT2D eigenvalue weighted by atomic mass is 9.96. The second-order valence-electron chi connectivity index (χ2n) is 8.62. The lowest BCUT2D eigenvalue weighted by molar-refractivity contribution is -0.384. The second-order valence-corrected chi connectivity index (χ2v) is 9.70. The predicted molar refractivity (Wildman–Crippen MR) is 132 cm³/mol. The number of hydrogen-bond acceptors (Lipinski definition) is 9. The van der Waals surface area contributed by atoms with Gasteiger partial charge in [-0.3, -0.25) is 10.1 Å². The smallest absolute Gasteiger partial charge is 0.293 e. The second kappa shape index (κ2) is 10.1. The maximum atomic E-state index is 12.0. The number of benzene rings is 1. The van der Waals surface area contributed by atoms with Crippen molar-refractivity contribution in [3.05, 3.63) is 43.8 Å². The zero-order chi connectivity index (χ0) is 23.5. The van der Waals surface area contributed by atoms with Gasteiger partial charge in [0.05, 0.1) is 36.9 Å². The van der Waals surface area contributed by atoms with Crippen molar-refractivity contribution in [3.8, 4) is 6.07 Å². The van der Waals surface area contributed by atoms with E-state index in [9.17, 15) is 15.4 Å². The third-order valence-electron chi connectivity index (χ3n) is 6.61. The van der Waals surface area contributed by atoms with E-state index in [4.69, 9.17) is 14.5 Å². The lowest BCUT2D eigenvalue weighted by Gasteiger charge is -2.33. The third kappa shape index (κ3) is 4.51. The van der Waals surface area contributed by atoms with E-state index in [1.165, 1.54) is 4.88 Å². The molecule has 0 atom stereocenters. The monoisotopic (exact) mass is 481 g/mol. The van der Waals surface area contributed by atoms with Crippen LogP contribution in [0.15, 0.2) is 17.1 Å². The SMILES string of the molecule is N#Cc1c(N=Cc2cc([N+](=O)[O-])c(N3CCOCC3)cc2N2CCOCC2)sc2c1CCCC2. The topological polar surface area (TPSA) is 104 Å². The number of hydrogen-bond donors (Lipinski definition) is 0. The highest BCUT2D eigenvalue weighted by molar-refractivity contribution is 7.16. The number of thiophene rings is 1. The zero-order valence-corrected chi connectivity index (χ0v) is 19.8. The Bertz CT molecular complexity index is 1140. The van der Waals surface area contributed by atoms with Crippen molar-refractivity contribution in [3.63, 3.8) is 0 Å². The highest BCUT2D eigenvalue weighted by Crippen LogP contribution is 2.40. The predicted octanol–water partition coefficient (Wildman–Crippen LogP) is 3.83. The summed E-state index contributed by atoms with van der Waals surface area (Å²) in [6.45, 7) is 4.95. The van der Waals surface area contributed by atoms with Crippen LogP contribution in [0.3, 0.4) is 0 Å². The molecular formula is C24H27N5O4S. The van der Waals surface area contributed by atoms with Crippen molar-refractivity contribution in [2.75, 3.05) is 62.4 Å². The van der Waals surface area contributed by atoms with Gasteiger partial charge >= 0.3 is 0 Å². The third-order valence-corrected chi connectivity index (χ3v) is 7.81. The van der Waals surface area contributed by atoms with Crippen LogP contribution >= 0.6 is 11.3 Å². The largest absolute Gasteiger partial charge is 0.378 e. The summed E-state index contributed by atoms with van der Waals surface area (Å²) < 4.78 is 11.0. The fourth-order valence-electron chi connectivity index (χ4n) is 4.85. The first kappa shape index (κ1) is 22.8. The van der Waals surface area contributed by atoms with Crippen LogP contribution in [0.2, 0.25) is 0 Å². The molecule has 1 aliphatic carbocycles. The van der Waals surface area contributed by atoms with E-state index in [1.807, 2.05) is 11.0 Å². The van der Waals surface area contributed by atoms with Crippen LogP contribution < -0.4 is 9.80 Å². The van der Waals surface area contributed by atoms with Crippen LogP contribution in [0.1, 0.15) is 34.4 Å². The van der Waals surface area contributed by atoms with E-state index in [0.29, 0.717) is 74.4 Å². The number of fused-ring (bicyclic) bond motifs is 1. The molecule has 0 saturated carbocycles. The Balaban J connectivity index is 1.58. The highest BCUT2D eigenvalue weighted by Gasteiger charge is 2.27. The van der Waals surface area contributed by atoms with E-state index in [1.54, 1.807) is 23.6 Å². The molecule has 0 radical (unpaired) electrons. The Hall–Kier alpha value is -3.00. The average Bonchev–Trinajstić information content (AvgIpc) is 3.25. The van der Waals surface area contributed by atoms with Crippen LogP contribution in [0.4, 0.5) is 22.1 Å². The van der Waals surface area contributed by atoms with Crippen LogP contribution in [0.25, 0.3) is 0 Å². The number of nitrogens with zero attached hydrogens (tertiary/aromatic N) is 5. The summed E-state index contributed by atoms with van der Waals surface area (Å²) in [5.41, 5.74) is 4.04. The molecule has 1 aromatic heterocycles. The van der Waals surface area contributed by atoms with Gasteiger partial charge in [0.1, 0.15) is 16.8 Å². The number of rotatable bonds is 5. The van der Waals surface area contributed by atoms with Gasteiger partial charge in [-0.25, -0.2) is 4.99 Å². The summed E-state index contributed by atoms with van der Waals surface area (Å²) in [6.07, 6.45) is 5.83. The molecule has 5 rings (SSSR count). The molecule has 178 valence electrons. The molecule has 9 nitrogen and oxygen atoms in total. The average molecular weight is 482 g/mol. The van der Waals surface area contributed by atoms with Gasteiger partial charge in [-0.15, -0.1) is 11.3 Å². The van der Waals surface area contributed by atoms with Crippen molar-refractivity contribution in [2.24, 2.45) is 4.99 Å². The summed E-state index contributed by atoms with van der Waals surface area (Å²) in [5.74, 6) is 0. The quantitative estimate of drug-likeness (QED) is 0.363. The number of nitriles is 1. The number of nitro benzene ring substituents is 1. The van der Waals surface area contributed by atoms with Crippen LogP contribution in [-0.4, -0.2) is 63.7 Å². The molecule has 2 saturated heterocycles. The van der Waals surface area contributed by atoms with E-state index >= 15 is 0 Å². The van der Waals surface area contributed by atoms with Gasteiger partial charge in [-0.2, -0.15) is 5.26 Å². The van der Waals surface area contributed by atoms with Crippen molar-refractivity contribution in [2.45, 2.75) is 25.7 Å². The Morgan fingerprint density at radius 2 is 1.68 bits per heavy atom. The first-order chi connectivity index (χ1) is 16.7. The summed E-state index contributed by atoms with van der Waals surface area (Å²) in [6, 6.07) is 5.88. The molecule has 0 unspecified atom stereocenters. The molecule has 3 aliphatic rings. The molecule has 1 aromatic carbocycles. The molecule has 10 heteroatoms. The fraction of sp³-hybridized carbons (Fsp3) is 0.500. The molecular weight excluding hydrogens is 454 g/mol. The molecule has 2 fully saturated rings. The van der Waals surface area contributed by atoms with Gasteiger partial charge in [0, 0.05) is 54.6 Å². The summed E-state index contributed by atoms with van der Waals surface area (Å²) in [5, 5.41) is 22.5. The van der Waals surface area contributed by atoms with Crippen molar-refractivity contribution in [1.29, 1.82) is 5.26 Å². The molecule has 0 amide bonds. The normalized spacial score (nSPS) is 18.7. The van der Waals surface area contributed by atoms with Crippen molar-refractivity contribution >= 4 is 39.6 Å². The summed E-state index contributed by atoms with van der Waals surface area (Å²) in [7, 11) is 0. The Morgan fingerprint density at radius 1 is 1.03 bits per heavy atom. The number of aryl methyl sites for hydroxylation is 1. The maximum absolute atomic E-state index is 12.0. The van der Waals surface area contributed by atoms with Crippen LogP contribution in [0.5, 0.6) is 0 Å². The van der Waals surface area contributed by atoms with Gasteiger partial charge in [0.15, 0.2) is 0 Å². The molecule has 2 aromatic rings. The number of nitro groups is 1. The minimum absolute atomic E-state index is 0.0614. The number of aliphatic imine (C=N–C) groups is 1. The maximum Gasteiger partial charge on any atom is 0.293 e. The molecule has 0 N–H and O–H groups in total. The van der Waals surface area contributed by atoms with E-state index in [2.05, 4.69) is 11.0 Å². The Morgan fingerprint density at radius 3 is 2.32 bits per heavy atom. The van der Waals surface area contributed by atoms with E-state index < -0.39 is 0 Å². The van der Waals surface area contributed by atoms with Gasteiger partial charge in [-0.1, -0.05) is 0 Å². The van der Waals surface area contributed by atoms with E-state index in [0.717, 1.165) is 36.9 Å². The Labute approximate surface area is 202 Å². The summed E-state index contributed by atoms with van der Waals surface area (Å²) >= 11 is 1.57. The highest BCUT2D eigenvalue weighted by atomic mass is 32.1.